The highest BCUT2D eigenvalue weighted by molar-refractivity contribution is 7.92. The average Bonchev–Trinajstić information content (AvgIpc) is 2.35. The van der Waals surface area contributed by atoms with Crippen molar-refractivity contribution in [3.05, 3.63) is 29.8 Å². The van der Waals surface area contributed by atoms with Gasteiger partial charge >= 0.3 is 0 Å². The molecule has 1 N–H and O–H groups in total. The van der Waals surface area contributed by atoms with Gasteiger partial charge in [0.05, 0.1) is 18.1 Å². The van der Waals surface area contributed by atoms with Gasteiger partial charge < -0.3 is 10.1 Å². The lowest BCUT2D eigenvalue weighted by molar-refractivity contribution is 0.413. The van der Waals surface area contributed by atoms with Gasteiger partial charge in [0.1, 0.15) is 5.75 Å². The lowest BCUT2D eigenvalue weighted by Gasteiger charge is -2.18. The summed E-state index contributed by atoms with van der Waals surface area (Å²) in [6.07, 6.45) is 0. The maximum absolute atomic E-state index is 12.0. The molecule has 0 aliphatic rings. The molecular weight excluding hydrogens is 250 g/mol. The Labute approximate surface area is 109 Å². The van der Waals surface area contributed by atoms with E-state index in [4.69, 9.17) is 4.74 Å². The van der Waals surface area contributed by atoms with Crippen molar-refractivity contribution in [2.45, 2.75) is 25.1 Å². The standard InChI is InChI=1S/C13H21NO3S/c1-10(2)18(15,16)9-13(14-3)11-6-5-7-12(8-11)17-4/h5-8,10,13-14H,9H2,1-4H3. The first-order valence-corrected chi connectivity index (χ1v) is 7.65. The molecule has 0 radical (unpaired) electrons. The molecule has 1 aromatic carbocycles. The van der Waals surface area contributed by atoms with E-state index in [2.05, 4.69) is 5.32 Å². The van der Waals surface area contributed by atoms with Crippen molar-refractivity contribution in [3.63, 3.8) is 0 Å². The van der Waals surface area contributed by atoms with Crippen LogP contribution in [-0.4, -0.2) is 33.6 Å². The molecule has 4 nitrogen and oxygen atoms in total. The summed E-state index contributed by atoms with van der Waals surface area (Å²) < 4.78 is 29.1. The highest BCUT2D eigenvalue weighted by Crippen LogP contribution is 2.21. The summed E-state index contributed by atoms with van der Waals surface area (Å²) in [6, 6.07) is 7.25. The normalized spacial score (nSPS) is 13.6. The molecule has 1 unspecified atom stereocenters. The maximum atomic E-state index is 12.0. The van der Waals surface area contributed by atoms with Crippen LogP contribution in [0.2, 0.25) is 0 Å². The van der Waals surface area contributed by atoms with Gasteiger partial charge in [-0.25, -0.2) is 8.42 Å². The molecule has 0 aliphatic carbocycles. The maximum Gasteiger partial charge on any atom is 0.154 e. The second-order valence-electron chi connectivity index (χ2n) is 4.50. The first kappa shape index (κ1) is 15.0. The van der Waals surface area contributed by atoms with Crippen LogP contribution in [0.4, 0.5) is 0 Å². The molecule has 0 aromatic heterocycles. The van der Waals surface area contributed by atoms with Crippen LogP contribution in [0.25, 0.3) is 0 Å². The van der Waals surface area contributed by atoms with Gasteiger partial charge in [-0.3, -0.25) is 0 Å². The second kappa shape index (κ2) is 6.20. The van der Waals surface area contributed by atoms with E-state index in [-0.39, 0.29) is 17.0 Å². The number of ether oxygens (including phenoxy) is 1. The largest absolute Gasteiger partial charge is 0.497 e. The lowest BCUT2D eigenvalue weighted by atomic mass is 10.1. The van der Waals surface area contributed by atoms with Crippen molar-refractivity contribution < 1.29 is 13.2 Å². The van der Waals surface area contributed by atoms with Crippen LogP contribution in [0, 0.1) is 0 Å². The summed E-state index contributed by atoms with van der Waals surface area (Å²) >= 11 is 0. The molecule has 0 amide bonds. The minimum absolute atomic E-state index is 0.0916. The lowest BCUT2D eigenvalue weighted by Crippen LogP contribution is -2.29. The van der Waals surface area contributed by atoms with E-state index in [1.165, 1.54) is 0 Å². The summed E-state index contributed by atoms with van der Waals surface area (Å²) in [5, 5.41) is 2.68. The third-order valence-electron chi connectivity index (χ3n) is 2.96. The third kappa shape index (κ3) is 3.71. The summed E-state index contributed by atoms with van der Waals surface area (Å²) in [5.41, 5.74) is 0.918. The molecule has 0 fully saturated rings. The summed E-state index contributed by atoms with van der Waals surface area (Å²) in [6.45, 7) is 3.40. The van der Waals surface area contributed by atoms with E-state index < -0.39 is 9.84 Å². The summed E-state index contributed by atoms with van der Waals surface area (Å²) in [7, 11) is 0.279. The Bertz CT molecular complexity index is 483. The van der Waals surface area contributed by atoms with E-state index in [9.17, 15) is 8.42 Å². The van der Waals surface area contributed by atoms with Crippen LogP contribution in [0.5, 0.6) is 5.75 Å². The zero-order valence-corrected chi connectivity index (χ0v) is 12.1. The van der Waals surface area contributed by atoms with Crippen molar-refractivity contribution in [2.75, 3.05) is 19.9 Å². The van der Waals surface area contributed by atoms with Gasteiger partial charge in [-0.15, -0.1) is 0 Å². The SMILES string of the molecule is CNC(CS(=O)(=O)C(C)C)c1cccc(OC)c1. The number of sulfone groups is 1. The van der Waals surface area contributed by atoms with Gasteiger partial charge in [0.25, 0.3) is 0 Å². The number of nitrogens with one attached hydrogen (secondary N) is 1. The molecule has 0 saturated heterocycles. The van der Waals surface area contributed by atoms with Crippen LogP contribution in [0.3, 0.4) is 0 Å². The predicted molar refractivity (Wildman–Crippen MR) is 73.7 cm³/mol. The molecule has 1 atom stereocenters. The van der Waals surface area contributed by atoms with Crippen molar-refractivity contribution >= 4 is 9.84 Å². The smallest absolute Gasteiger partial charge is 0.154 e. The summed E-state index contributed by atoms with van der Waals surface area (Å²) in [5.74, 6) is 0.823. The second-order valence-corrected chi connectivity index (χ2v) is 7.10. The molecule has 18 heavy (non-hydrogen) atoms. The highest BCUT2D eigenvalue weighted by Gasteiger charge is 2.22. The fourth-order valence-corrected chi connectivity index (χ4v) is 2.84. The van der Waals surface area contributed by atoms with Gasteiger partial charge in [-0.2, -0.15) is 0 Å². The Kier molecular flexibility index (Phi) is 5.16. The van der Waals surface area contributed by atoms with Gasteiger partial charge in [0, 0.05) is 6.04 Å². The average molecular weight is 271 g/mol. The number of hydrogen-bond acceptors (Lipinski definition) is 4. The van der Waals surface area contributed by atoms with Crippen LogP contribution in [0.15, 0.2) is 24.3 Å². The Morgan fingerprint density at radius 1 is 1.33 bits per heavy atom. The molecule has 5 heteroatoms. The molecular formula is C13H21NO3S. The first-order valence-electron chi connectivity index (χ1n) is 5.93. The van der Waals surface area contributed by atoms with E-state index in [0.717, 1.165) is 11.3 Å². The van der Waals surface area contributed by atoms with Crippen molar-refractivity contribution in [1.82, 2.24) is 5.32 Å². The fraction of sp³-hybridized carbons (Fsp3) is 0.538. The van der Waals surface area contributed by atoms with Gasteiger partial charge in [0.2, 0.25) is 0 Å². The molecule has 1 aromatic rings. The van der Waals surface area contributed by atoms with Crippen molar-refractivity contribution in [1.29, 1.82) is 0 Å². The zero-order chi connectivity index (χ0) is 13.8. The van der Waals surface area contributed by atoms with Gasteiger partial charge in [-0.05, 0) is 38.6 Å². The van der Waals surface area contributed by atoms with Crippen molar-refractivity contribution in [3.8, 4) is 5.75 Å². The van der Waals surface area contributed by atoms with E-state index in [0.29, 0.717) is 0 Å². The molecule has 0 saturated carbocycles. The summed E-state index contributed by atoms with van der Waals surface area (Å²) in [4.78, 5) is 0. The van der Waals surface area contributed by atoms with Crippen LogP contribution < -0.4 is 10.1 Å². The first-order chi connectivity index (χ1) is 8.40. The topological polar surface area (TPSA) is 55.4 Å². The number of benzene rings is 1. The Morgan fingerprint density at radius 3 is 2.50 bits per heavy atom. The molecule has 1 rings (SSSR count). The Balaban J connectivity index is 2.96. The Hall–Kier alpha value is -1.07. The monoisotopic (exact) mass is 271 g/mol. The molecule has 0 spiro atoms. The number of rotatable bonds is 6. The van der Waals surface area contributed by atoms with Gasteiger partial charge in [0.15, 0.2) is 9.84 Å². The number of methoxy groups -OCH3 is 1. The van der Waals surface area contributed by atoms with Gasteiger partial charge in [-0.1, -0.05) is 12.1 Å². The van der Waals surface area contributed by atoms with Crippen LogP contribution in [-0.2, 0) is 9.84 Å². The van der Waals surface area contributed by atoms with E-state index >= 15 is 0 Å². The molecule has 0 bridgehead atoms. The zero-order valence-electron chi connectivity index (χ0n) is 11.3. The Morgan fingerprint density at radius 2 is 2.00 bits per heavy atom. The predicted octanol–water partition coefficient (Wildman–Crippen LogP) is 1.78. The molecule has 102 valence electrons. The molecule has 0 heterocycles. The minimum atomic E-state index is -3.08. The fourth-order valence-electron chi connectivity index (χ4n) is 1.63. The quantitative estimate of drug-likeness (QED) is 0.857. The van der Waals surface area contributed by atoms with E-state index in [1.54, 1.807) is 28.0 Å². The van der Waals surface area contributed by atoms with E-state index in [1.807, 2.05) is 24.3 Å². The number of hydrogen-bond donors (Lipinski definition) is 1. The minimum Gasteiger partial charge on any atom is -0.497 e. The molecule has 0 aliphatic heterocycles. The highest BCUT2D eigenvalue weighted by atomic mass is 32.2. The third-order valence-corrected chi connectivity index (χ3v) is 5.20. The van der Waals surface area contributed by atoms with Crippen LogP contribution in [0.1, 0.15) is 25.5 Å². The van der Waals surface area contributed by atoms with Crippen molar-refractivity contribution in [2.24, 2.45) is 0 Å². The van der Waals surface area contributed by atoms with Crippen LogP contribution >= 0.6 is 0 Å².